The van der Waals surface area contributed by atoms with E-state index in [1.54, 1.807) is 6.92 Å². The van der Waals surface area contributed by atoms with Crippen LogP contribution >= 0.6 is 0 Å². The molecule has 0 aliphatic carbocycles. The largest absolute Gasteiger partial charge is 0.506 e. The summed E-state index contributed by atoms with van der Waals surface area (Å²) in [6.45, 7) is 1.54. The number of phenols is 1. The van der Waals surface area contributed by atoms with Gasteiger partial charge in [0.05, 0.1) is 5.56 Å². The zero-order valence-electron chi connectivity index (χ0n) is 10.1. The zero-order chi connectivity index (χ0) is 13.6. The molecule has 5 nitrogen and oxygen atoms in total. The lowest BCUT2D eigenvalue weighted by atomic mass is 10.1. The van der Waals surface area contributed by atoms with Crippen molar-refractivity contribution in [1.82, 2.24) is 0 Å². The van der Waals surface area contributed by atoms with E-state index in [-0.39, 0.29) is 34.5 Å². The third-order valence-electron chi connectivity index (χ3n) is 2.92. The number of carbonyl (C=O) groups excluding carboxylic acids is 1. The molecule has 2 aromatic rings. The highest BCUT2D eigenvalue weighted by Crippen LogP contribution is 2.36. The maximum Gasteiger partial charge on any atom is 0.196 e. The maximum atomic E-state index is 11.9. The van der Waals surface area contributed by atoms with Crippen LogP contribution in [0.4, 0.5) is 0 Å². The molecule has 0 fully saturated rings. The molecule has 1 aromatic carbocycles. The van der Waals surface area contributed by atoms with Crippen LogP contribution < -0.4 is 10.2 Å². The summed E-state index contributed by atoms with van der Waals surface area (Å²) in [5.41, 5.74) is 0.224. The molecule has 0 bridgehead atoms. The Kier molecular flexibility index (Phi) is 2.41. The Balaban J connectivity index is 2.41. The molecule has 3 rings (SSSR count). The van der Waals surface area contributed by atoms with Gasteiger partial charge in [-0.15, -0.1) is 0 Å². The Hall–Kier alpha value is -2.56. The Morgan fingerprint density at radius 2 is 2.00 bits per heavy atom. The van der Waals surface area contributed by atoms with Crippen molar-refractivity contribution in [3.8, 4) is 11.5 Å². The molecule has 5 heteroatoms. The molecule has 1 aromatic heterocycles. The summed E-state index contributed by atoms with van der Waals surface area (Å²) in [6, 6.07) is 2.82. The third kappa shape index (κ3) is 1.79. The lowest BCUT2D eigenvalue weighted by molar-refractivity contribution is -0.116. The van der Waals surface area contributed by atoms with Gasteiger partial charge in [0.15, 0.2) is 17.8 Å². The first kappa shape index (κ1) is 11.5. The van der Waals surface area contributed by atoms with Crippen LogP contribution in [0.3, 0.4) is 0 Å². The van der Waals surface area contributed by atoms with Gasteiger partial charge >= 0.3 is 0 Å². The van der Waals surface area contributed by atoms with Crippen molar-refractivity contribution in [3.63, 3.8) is 0 Å². The average molecular weight is 258 g/mol. The van der Waals surface area contributed by atoms with Gasteiger partial charge in [-0.05, 0) is 19.1 Å². The van der Waals surface area contributed by atoms with Crippen molar-refractivity contribution >= 4 is 22.8 Å². The van der Waals surface area contributed by atoms with Crippen LogP contribution in [-0.4, -0.2) is 17.5 Å². The predicted octanol–water partition coefficient (Wildman–Crippen LogP) is 1.78. The molecule has 1 aliphatic heterocycles. The third-order valence-corrected chi connectivity index (χ3v) is 2.92. The van der Waals surface area contributed by atoms with Gasteiger partial charge in [0, 0.05) is 12.1 Å². The van der Waals surface area contributed by atoms with E-state index in [0.29, 0.717) is 17.1 Å². The minimum absolute atomic E-state index is 0.0898. The Bertz CT molecular complexity index is 783. The summed E-state index contributed by atoms with van der Waals surface area (Å²) >= 11 is 0. The second kappa shape index (κ2) is 3.98. The summed E-state index contributed by atoms with van der Waals surface area (Å²) in [5, 5.41) is 10.3. The monoisotopic (exact) mass is 258 g/mol. The zero-order valence-corrected chi connectivity index (χ0v) is 10.1. The van der Waals surface area contributed by atoms with E-state index in [0.717, 1.165) is 0 Å². The van der Waals surface area contributed by atoms with E-state index in [9.17, 15) is 14.7 Å². The van der Waals surface area contributed by atoms with Crippen molar-refractivity contribution < 1.29 is 19.1 Å². The number of carbonyl (C=O) groups is 1. The van der Waals surface area contributed by atoms with Gasteiger partial charge < -0.3 is 14.3 Å². The Labute approximate surface area is 107 Å². The highest BCUT2D eigenvalue weighted by atomic mass is 16.5. The minimum atomic E-state index is -0.331. The van der Waals surface area contributed by atoms with Gasteiger partial charge in [-0.25, -0.2) is 0 Å². The van der Waals surface area contributed by atoms with Gasteiger partial charge in [0.1, 0.15) is 28.2 Å². The number of hydrogen-bond donors (Lipinski definition) is 1. The lowest BCUT2D eigenvalue weighted by Crippen LogP contribution is -2.07. The summed E-state index contributed by atoms with van der Waals surface area (Å²) in [5.74, 6) is 0.320. The van der Waals surface area contributed by atoms with Crippen LogP contribution in [-0.2, 0) is 4.79 Å². The summed E-state index contributed by atoms with van der Waals surface area (Å²) in [6.07, 6.45) is 2.76. The molecule has 0 atom stereocenters. The second-order valence-electron chi connectivity index (χ2n) is 4.32. The van der Waals surface area contributed by atoms with Gasteiger partial charge in [-0.2, -0.15) is 0 Å². The molecule has 0 radical (unpaired) electrons. The Morgan fingerprint density at radius 3 is 2.79 bits per heavy atom. The average Bonchev–Trinajstić information content (AvgIpc) is 2.51. The molecule has 96 valence electrons. The van der Waals surface area contributed by atoms with E-state index < -0.39 is 0 Å². The van der Waals surface area contributed by atoms with Gasteiger partial charge in [0.25, 0.3) is 0 Å². The first-order chi connectivity index (χ1) is 9.06. The van der Waals surface area contributed by atoms with Crippen molar-refractivity contribution in [3.05, 3.63) is 39.8 Å². The minimum Gasteiger partial charge on any atom is -0.506 e. The molecule has 19 heavy (non-hydrogen) atoms. The van der Waals surface area contributed by atoms with E-state index >= 15 is 0 Å². The molecule has 1 N–H and O–H groups in total. The van der Waals surface area contributed by atoms with Crippen LogP contribution in [0.25, 0.3) is 17.0 Å². The standard InChI is InChI=1S/C14H10O5/c1-7-4-10(16)13-12(19-7)5-11-9(14(13)17)3-2-8(15)6-18-11/h2-5,17H,6H2,1H3. The molecule has 2 heterocycles. The van der Waals surface area contributed by atoms with Crippen LogP contribution in [0, 0.1) is 6.92 Å². The number of ether oxygens (including phenoxy) is 1. The fourth-order valence-electron chi connectivity index (χ4n) is 2.07. The van der Waals surface area contributed by atoms with Crippen molar-refractivity contribution in [2.45, 2.75) is 6.92 Å². The maximum absolute atomic E-state index is 11.9. The van der Waals surface area contributed by atoms with Crippen LogP contribution in [0.1, 0.15) is 11.3 Å². The van der Waals surface area contributed by atoms with Gasteiger partial charge in [0.2, 0.25) is 0 Å². The van der Waals surface area contributed by atoms with Gasteiger partial charge in [-0.1, -0.05) is 0 Å². The van der Waals surface area contributed by atoms with E-state index in [4.69, 9.17) is 9.15 Å². The molecular weight excluding hydrogens is 248 g/mol. The summed E-state index contributed by atoms with van der Waals surface area (Å²) < 4.78 is 10.7. The highest BCUT2D eigenvalue weighted by molar-refractivity contribution is 5.99. The van der Waals surface area contributed by atoms with Crippen LogP contribution in [0.15, 0.2) is 27.4 Å². The molecule has 0 amide bonds. The highest BCUT2D eigenvalue weighted by Gasteiger charge is 2.19. The van der Waals surface area contributed by atoms with Crippen molar-refractivity contribution in [2.24, 2.45) is 0 Å². The normalized spacial score (nSPS) is 14.1. The molecular formula is C14H10O5. The predicted molar refractivity (Wildman–Crippen MR) is 68.4 cm³/mol. The molecule has 0 spiro atoms. The van der Waals surface area contributed by atoms with Crippen LogP contribution in [0.2, 0.25) is 0 Å². The van der Waals surface area contributed by atoms with Crippen LogP contribution in [0.5, 0.6) is 11.5 Å². The first-order valence-corrected chi connectivity index (χ1v) is 5.70. The molecule has 0 unspecified atom stereocenters. The number of phenolic OH excluding ortho intramolecular Hbond substituents is 1. The van der Waals surface area contributed by atoms with Crippen molar-refractivity contribution in [2.75, 3.05) is 6.61 Å². The fourth-order valence-corrected chi connectivity index (χ4v) is 2.07. The number of aryl methyl sites for hydroxylation is 1. The molecule has 0 saturated heterocycles. The lowest BCUT2D eigenvalue weighted by Gasteiger charge is -2.09. The first-order valence-electron chi connectivity index (χ1n) is 5.70. The Morgan fingerprint density at radius 1 is 1.21 bits per heavy atom. The smallest absolute Gasteiger partial charge is 0.196 e. The number of fused-ring (bicyclic) bond motifs is 2. The number of hydrogen-bond acceptors (Lipinski definition) is 5. The quantitative estimate of drug-likeness (QED) is 0.779. The van der Waals surface area contributed by atoms with E-state index in [1.165, 1.54) is 24.3 Å². The SMILES string of the molecule is Cc1cc(=O)c2c(O)c3c(cc2o1)OCC(=O)C=C3. The number of ketones is 1. The van der Waals surface area contributed by atoms with E-state index in [2.05, 4.69) is 0 Å². The van der Waals surface area contributed by atoms with Crippen molar-refractivity contribution in [1.29, 1.82) is 0 Å². The molecule has 1 aliphatic rings. The number of benzene rings is 1. The number of rotatable bonds is 0. The topological polar surface area (TPSA) is 76.7 Å². The van der Waals surface area contributed by atoms with E-state index in [1.807, 2.05) is 0 Å². The fraction of sp³-hybridized carbons (Fsp3) is 0.143. The summed E-state index contributed by atoms with van der Waals surface area (Å²) in [4.78, 5) is 23.2. The number of aromatic hydroxyl groups is 1. The van der Waals surface area contributed by atoms with Gasteiger partial charge in [-0.3, -0.25) is 9.59 Å². The second-order valence-corrected chi connectivity index (χ2v) is 4.32. The molecule has 0 saturated carbocycles. The summed E-state index contributed by atoms with van der Waals surface area (Å²) in [7, 11) is 0.